The van der Waals surface area contributed by atoms with Gasteiger partial charge < -0.3 is 45.1 Å². The molecular formula is C48H57NO14. The molecule has 0 aromatic heterocycles. The molecule has 15 heteroatoms. The number of amides is 1. The standard InChI is InChI=1S/C24H34O8.C17H17NO4.C7H6O2/c1-12-7-8-23(29)10-15-22(6,16(27)9-17-24(15,11-30-17)32-14(3)26)20(28)19(31-13(2)25)18(12)21(23,4)5;1-11-7-9-13(10-8-11)16(20)18-14(15(19)17(21)22)12-5-3-2-4-6-12;8-7(9)6-4-2-1-3-5-6/h15-17,19,27,29H,7-11H2,1-6H3;2-10,14-15,19H,1H3,(H,18,20)(H,21,22);1-5H,(H,8,9)/t15?,16-,17?,19+,22-,23?,24+;14-,15+;/m00./s1. The molecule has 6 N–H and O–H groups in total. The predicted octanol–water partition coefficient (Wildman–Crippen LogP) is 5.14. The van der Waals surface area contributed by atoms with Crippen molar-refractivity contribution in [1.82, 2.24) is 5.32 Å². The van der Waals surface area contributed by atoms with Crippen LogP contribution in [-0.2, 0) is 33.4 Å². The number of carbonyl (C=O) groups excluding carboxylic acids is 4. The van der Waals surface area contributed by atoms with Crippen LogP contribution < -0.4 is 5.32 Å². The predicted molar refractivity (Wildman–Crippen MR) is 227 cm³/mol. The zero-order valence-electron chi connectivity index (χ0n) is 36.5. The van der Waals surface area contributed by atoms with Crippen molar-refractivity contribution in [3.05, 3.63) is 118 Å². The molecule has 15 nitrogen and oxygen atoms in total. The number of ketones is 1. The van der Waals surface area contributed by atoms with E-state index in [1.54, 1.807) is 91.9 Å². The quantitative estimate of drug-likeness (QED) is 0.127. The first-order chi connectivity index (χ1) is 29.5. The first-order valence-corrected chi connectivity index (χ1v) is 20.7. The SMILES string of the molecule is CC(=O)O[C@H]1C(=O)[C@@]2(C)C(CC3(O)CCC(C)=C1C3(C)C)[C@]1(OC(C)=O)COC1C[C@@H]2O.Cc1ccc(C(=O)N[C@@H](c2ccccc2)[C@@H](O)C(=O)O)cc1.O=C(O)c1ccccc1. The van der Waals surface area contributed by atoms with Crippen molar-refractivity contribution in [2.24, 2.45) is 16.7 Å². The molecule has 3 aromatic carbocycles. The van der Waals surface area contributed by atoms with Crippen LogP contribution in [0.3, 0.4) is 0 Å². The number of hydrogen-bond donors (Lipinski definition) is 6. The number of carboxylic acids is 2. The Morgan fingerprint density at radius 1 is 0.841 bits per heavy atom. The van der Waals surface area contributed by atoms with Gasteiger partial charge in [-0.2, -0.15) is 0 Å². The van der Waals surface area contributed by atoms with Crippen LogP contribution in [0.4, 0.5) is 0 Å². The summed E-state index contributed by atoms with van der Waals surface area (Å²) in [5.41, 5.74) is -0.901. The third-order valence-corrected chi connectivity index (χ3v) is 13.2. The van der Waals surface area contributed by atoms with Crippen molar-refractivity contribution in [2.75, 3.05) is 6.61 Å². The summed E-state index contributed by atoms with van der Waals surface area (Å²) < 4.78 is 17.1. The second kappa shape index (κ2) is 18.9. The number of Topliss-reactive ketones (excluding diaryl/α,β-unsaturated/α-hetero) is 1. The van der Waals surface area contributed by atoms with E-state index in [0.29, 0.717) is 35.1 Å². The second-order valence-electron chi connectivity index (χ2n) is 17.5. The molecule has 0 spiro atoms. The van der Waals surface area contributed by atoms with Gasteiger partial charge in [0, 0.05) is 37.2 Å². The first-order valence-electron chi connectivity index (χ1n) is 20.7. The van der Waals surface area contributed by atoms with Gasteiger partial charge >= 0.3 is 23.9 Å². The summed E-state index contributed by atoms with van der Waals surface area (Å²) in [6.07, 6.45) is -3.38. The third-order valence-electron chi connectivity index (χ3n) is 13.2. The number of benzene rings is 3. The van der Waals surface area contributed by atoms with Gasteiger partial charge in [0.25, 0.3) is 5.91 Å². The monoisotopic (exact) mass is 871 g/mol. The number of ether oxygens (including phenoxy) is 3. The maximum Gasteiger partial charge on any atom is 0.335 e. The molecule has 7 rings (SSSR count). The van der Waals surface area contributed by atoms with Crippen molar-refractivity contribution in [3.8, 4) is 0 Å². The number of carbonyl (C=O) groups is 6. The van der Waals surface area contributed by atoms with E-state index in [4.69, 9.17) is 24.4 Å². The van der Waals surface area contributed by atoms with Gasteiger partial charge in [-0.05, 0) is 75.4 Å². The summed E-state index contributed by atoms with van der Waals surface area (Å²) >= 11 is 0. The number of esters is 2. The molecule has 2 bridgehead atoms. The maximum atomic E-state index is 14.2. The lowest BCUT2D eigenvalue weighted by atomic mass is 9.46. The fourth-order valence-electron chi connectivity index (χ4n) is 9.52. The number of carboxylic acid groups (broad SMARTS) is 2. The smallest absolute Gasteiger partial charge is 0.335 e. The Kier molecular flexibility index (Phi) is 14.5. The number of aliphatic carboxylic acids is 1. The van der Waals surface area contributed by atoms with Crippen molar-refractivity contribution < 1.29 is 68.5 Å². The van der Waals surface area contributed by atoms with Crippen molar-refractivity contribution in [2.45, 2.75) is 116 Å². The number of aliphatic hydroxyl groups excluding tert-OH is 2. The lowest BCUT2D eigenvalue weighted by molar-refractivity contribution is -0.327. The molecule has 338 valence electrons. The van der Waals surface area contributed by atoms with E-state index in [2.05, 4.69) is 5.32 Å². The number of aliphatic hydroxyl groups is 3. The highest BCUT2D eigenvalue weighted by Crippen LogP contribution is 2.63. The average molecular weight is 872 g/mol. The number of aromatic carboxylic acids is 1. The number of allylic oxidation sites excluding steroid dienone is 1. The van der Waals surface area contributed by atoms with Crippen molar-refractivity contribution in [3.63, 3.8) is 0 Å². The summed E-state index contributed by atoms with van der Waals surface area (Å²) in [7, 11) is 0. The van der Waals surface area contributed by atoms with Gasteiger partial charge in [-0.1, -0.05) is 85.6 Å². The number of rotatable bonds is 8. The van der Waals surface area contributed by atoms with E-state index < -0.39 is 94.0 Å². The summed E-state index contributed by atoms with van der Waals surface area (Å²) in [4.78, 5) is 71.9. The maximum absolute atomic E-state index is 14.2. The van der Waals surface area contributed by atoms with Crippen molar-refractivity contribution in [1.29, 1.82) is 0 Å². The minimum absolute atomic E-state index is 0.0912. The molecule has 3 unspecified atom stereocenters. The van der Waals surface area contributed by atoms with E-state index in [-0.39, 0.29) is 19.4 Å². The molecule has 1 amide bonds. The van der Waals surface area contributed by atoms with Crippen LogP contribution in [0.5, 0.6) is 0 Å². The first kappa shape index (κ1) is 48.3. The molecule has 3 fully saturated rings. The second-order valence-corrected chi connectivity index (χ2v) is 17.5. The third kappa shape index (κ3) is 9.61. The van der Waals surface area contributed by atoms with Crippen LogP contribution in [0.25, 0.3) is 0 Å². The summed E-state index contributed by atoms with van der Waals surface area (Å²) in [5, 5.41) is 53.2. The van der Waals surface area contributed by atoms with Crippen LogP contribution in [-0.4, -0.2) is 103 Å². The normalized spacial score (nSPS) is 28.7. The van der Waals surface area contributed by atoms with Crippen molar-refractivity contribution >= 4 is 35.6 Å². The topological polar surface area (TPSA) is 243 Å². The van der Waals surface area contributed by atoms with E-state index in [1.165, 1.54) is 13.8 Å². The lowest BCUT2D eigenvalue weighted by Crippen LogP contribution is -2.77. The summed E-state index contributed by atoms with van der Waals surface area (Å²) in [6.45, 7) is 11.8. The molecule has 1 heterocycles. The van der Waals surface area contributed by atoms with E-state index in [1.807, 2.05) is 27.7 Å². The van der Waals surface area contributed by atoms with Crippen LogP contribution in [0, 0.1) is 23.7 Å². The Hall–Kier alpha value is -5.74. The number of nitrogens with one attached hydrogen (secondary N) is 1. The van der Waals surface area contributed by atoms with E-state index in [0.717, 1.165) is 11.1 Å². The highest BCUT2D eigenvalue weighted by molar-refractivity contribution is 5.95. The molecule has 3 aliphatic carbocycles. The van der Waals surface area contributed by atoms with Crippen LogP contribution in [0.1, 0.15) is 105 Å². The molecular weight excluding hydrogens is 815 g/mol. The molecule has 4 aliphatic rings. The van der Waals surface area contributed by atoms with Gasteiger partial charge in [-0.25, -0.2) is 9.59 Å². The van der Waals surface area contributed by atoms with E-state index >= 15 is 0 Å². The summed E-state index contributed by atoms with van der Waals surface area (Å²) in [6, 6.07) is 22.7. The highest BCUT2D eigenvalue weighted by atomic mass is 16.6. The minimum atomic E-state index is -1.73. The van der Waals surface area contributed by atoms with Crippen LogP contribution in [0.2, 0.25) is 0 Å². The number of aryl methyl sites for hydroxylation is 1. The molecule has 2 saturated carbocycles. The lowest BCUT2D eigenvalue weighted by Gasteiger charge is -2.65. The van der Waals surface area contributed by atoms with Gasteiger partial charge in [0.1, 0.15) is 6.10 Å². The fraction of sp³-hybridized carbons (Fsp3) is 0.458. The van der Waals surface area contributed by atoms with E-state index in [9.17, 15) is 44.1 Å². The zero-order valence-corrected chi connectivity index (χ0v) is 36.5. The average Bonchev–Trinajstić information content (AvgIpc) is 3.23. The Morgan fingerprint density at radius 3 is 1.92 bits per heavy atom. The minimum Gasteiger partial charge on any atom is -0.479 e. The largest absolute Gasteiger partial charge is 0.479 e. The van der Waals surface area contributed by atoms with Gasteiger partial charge in [0.15, 0.2) is 23.6 Å². The highest BCUT2D eigenvalue weighted by Gasteiger charge is 2.73. The zero-order chi connectivity index (χ0) is 46.7. The van der Waals surface area contributed by atoms with Gasteiger partial charge in [0.2, 0.25) is 0 Å². The summed E-state index contributed by atoms with van der Waals surface area (Å²) in [5.74, 6) is -4.96. The Balaban J connectivity index is 0.000000207. The fourth-order valence-corrected chi connectivity index (χ4v) is 9.52. The molecule has 9 atom stereocenters. The van der Waals surface area contributed by atoms with Gasteiger partial charge in [-0.3, -0.25) is 19.2 Å². The Bertz CT molecular complexity index is 2220. The Labute approximate surface area is 366 Å². The van der Waals surface area contributed by atoms with Gasteiger partial charge in [0.05, 0.1) is 35.3 Å². The molecule has 1 saturated heterocycles. The number of fused-ring (bicyclic) bond motifs is 5. The number of hydrogen-bond acceptors (Lipinski definition) is 12. The molecule has 3 aromatic rings. The van der Waals surface area contributed by atoms with Gasteiger partial charge in [-0.15, -0.1) is 0 Å². The molecule has 1 aliphatic heterocycles. The van der Waals surface area contributed by atoms with Crippen LogP contribution in [0.15, 0.2) is 96.1 Å². The molecule has 0 radical (unpaired) electrons. The van der Waals surface area contributed by atoms with Crippen LogP contribution >= 0.6 is 0 Å². The molecule has 63 heavy (non-hydrogen) atoms. The Morgan fingerprint density at radius 2 is 1.43 bits per heavy atom.